The molecule has 0 heterocycles. The second-order valence-electron chi connectivity index (χ2n) is 5.40. The summed E-state index contributed by atoms with van der Waals surface area (Å²) >= 11 is 9.52. The Balaban J connectivity index is 2.38. The van der Waals surface area contributed by atoms with Gasteiger partial charge in [0, 0.05) is 15.9 Å². The highest BCUT2D eigenvalue weighted by Gasteiger charge is 2.25. The first-order valence-corrected chi connectivity index (χ1v) is 9.26. The van der Waals surface area contributed by atoms with Crippen LogP contribution in [-0.4, -0.2) is 13.1 Å². The molecule has 2 aromatic carbocycles. The molecule has 0 spiro atoms. The van der Waals surface area contributed by atoms with Crippen molar-refractivity contribution < 1.29 is 14.3 Å². The van der Waals surface area contributed by atoms with E-state index in [1.54, 1.807) is 24.3 Å². The van der Waals surface area contributed by atoms with Crippen molar-refractivity contribution in [1.29, 1.82) is 0 Å². The molecule has 128 valence electrons. The van der Waals surface area contributed by atoms with Crippen LogP contribution >= 0.6 is 27.5 Å². The molecule has 2 aromatic rings. The number of esters is 1. The van der Waals surface area contributed by atoms with E-state index in [0.29, 0.717) is 16.3 Å². The molecule has 5 heteroatoms. The summed E-state index contributed by atoms with van der Waals surface area (Å²) in [5.41, 5.74) is 2.91. The van der Waals surface area contributed by atoms with E-state index in [9.17, 15) is 4.79 Å². The van der Waals surface area contributed by atoms with Crippen LogP contribution in [-0.2, 0) is 21.3 Å². The quantitative estimate of drug-likeness (QED) is 0.447. The fourth-order valence-corrected chi connectivity index (χ4v) is 3.00. The smallest absolute Gasteiger partial charge is 0.351 e. The number of carbonyl (C=O) groups is 1. The molecule has 0 bridgehead atoms. The molecule has 24 heavy (non-hydrogen) atoms. The van der Waals surface area contributed by atoms with E-state index in [2.05, 4.69) is 28.9 Å². The van der Waals surface area contributed by atoms with Crippen molar-refractivity contribution in [3.05, 3.63) is 64.2 Å². The lowest BCUT2D eigenvalue weighted by Gasteiger charge is -2.20. The van der Waals surface area contributed by atoms with Gasteiger partial charge in [-0.2, -0.15) is 0 Å². The predicted molar refractivity (Wildman–Crippen MR) is 99.9 cm³/mol. The van der Waals surface area contributed by atoms with Crippen LogP contribution in [0.25, 0.3) is 0 Å². The van der Waals surface area contributed by atoms with E-state index in [0.717, 1.165) is 23.7 Å². The van der Waals surface area contributed by atoms with Gasteiger partial charge in [0.15, 0.2) is 0 Å². The second-order valence-corrected chi connectivity index (χ2v) is 6.40. The van der Waals surface area contributed by atoms with E-state index in [4.69, 9.17) is 21.1 Å². The number of rotatable bonds is 7. The average molecular weight is 412 g/mol. The average Bonchev–Trinajstić information content (AvgIpc) is 2.60. The van der Waals surface area contributed by atoms with E-state index < -0.39 is 12.1 Å². The van der Waals surface area contributed by atoms with Gasteiger partial charge in [-0.05, 0) is 35.7 Å². The number of aryl methyl sites for hydroxylation is 1. The highest BCUT2D eigenvalue weighted by molar-refractivity contribution is 9.08. The summed E-state index contributed by atoms with van der Waals surface area (Å²) < 4.78 is 11.0. The van der Waals surface area contributed by atoms with Gasteiger partial charge >= 0.3 is 5.97 Å². The standard InChI is InChI=1S/C19H20BrClO3/c1-3-5-14-10-13(12-20)8-9-17(14)24-18(19(22)23-2)15-6-4-7-16(21)11-15/h4,6-11,18H,3,5,12H2,1-2H3. The minimum absolute atomic E-state index is 0.454. The van der Waals surface area contributed by atoms with Crippen LogP contribution in [0.3, 0.4) is 0 Å². The molecule has 0 aromatic heterocycles. The van der Waals surface area contributed by atoms with Gasteiger partial charge in [0.2, 0.25) is 6.10 Å². The number of benzene rings is 2. The van der Waals surface area contributed by atoms with Gasteiger partial charge in [0.1, 0.15) is 5.75 Å². The number of hydrogen-bond acceptors (Lipinski definition) is 3. The van der Waals surface area contributed by atoms with Crippen LogP contribution in [0.1, 0.15) is 36.1 Å². The van der Waals surface area contributed by atoms with Gasteiger partial charge in [-0.25, -0.2) is 4.79 Å². The van der Waals surface area contributed by atoms with Crippen molar-refractivity contribution in [2.45, 2.75) is 31.2 Å². The van der Waals surface area contributed by atoms with Crippen molar-refractivity contribution in [2.75, 3.05) is 7.11 Å². The summed E-state index contributed by atoms with van der Waals surface area (Å²) in [6, 6.07) is 13.1. The summed E-state index contributed by atoms with van der Waals surface area (Å²) in [6.07, 6.45) is 1.01. The monoisotopic (exact) mass is 410 g/mol. The van der Waals surface area contributed by atoms with Gasteiger partial charge < -0.3 is 9.47 Å². The Morgan fingerprint density at radius 3 is 2.67 bits per heavy atom. The predicted octanol–water partition coefficient (Wildman–Crippen LogP) is 5.48. The molecule has 1 unspecified atom stereocenters. The SMILES string of the molecule is CCCc1cc(CBr)ccc1OC(C(=O)OC)c1cccc(Cl)c1. The third-order valence-electron chi connectivity index (χ3n) is 3.61. The number of ether oxygens (including phenoxy) is 2. The molecule has 0 radical (unpaired) electrons. The van der Waals surface area contributed by atoms with Gasteiger partial charge in [0.25, 0.3) is 0 Å². The van der Waals surface area contributed by atoms with Gasteiger partial charge in [-0.15, -0.1) is 0 Å². The van der Waals surface area contributed by atoms with Crippen molar-refractivity contribution >= 4 is 33.5 Å². The molecule has 2 rings (SSSR count). The molecule has 0 fully saturated rings. The highest BCUT2D eigenvalue weighted by atomic mass is 79.9. The zero-order chi connectivity index (χ0) is 17.5. The van der Waals surface area contributed by atoms with Gasteiger partial charge in [-0.3, -0.25) is 0 Å². The fraction of sp³-hybridized carbons (Fsp3) is 0.316. The third kappa shape index (κ3) is 4.74. The highest BCUT2D eigenvalue weighted by Crippen LogP contribution is 2.29. The van der Waals surface area contributed by atoms with E-state index in [1.165, 1.54) is 12.7 Å². The second kappa shape index (κ2) is 9.09. The third-order valence-corrected chi connectivity index (χ3v) is 4.49. The minimum atomic E-state index is -0.848. The molecule has 0 aliphatic rings. The number of hydrogen-bond donors (Lipinski definition) is 0. The molecule has 0 aliphatic heterocycles. The maximum absolute atomic E-state index is 12.2. The van der Waals surface area contributed by atoms with Crippen LogP contribution in [0.15, 0.2) is 42.5 Å². The van der Waals surface area contributed by atoms with E-state index in [1.807, 2.05) is 12.1 Å². The van der Waals surface area contributed by atoms with Crippen LogP contribution in [0.5, 0.6) is 5.75 Å². The van der Waals surface area contributed by atoms with Crippen molar-refractivity contribution in [3.63, 3.8) is 0 Å². The molecule has 0 amide bonds. The lowest BCUT2D eigenvalue weighted by molar-refractivity contribution is -0.149. The lowest BCUT2D eigenvalue weighted by atomic mass is 10.1. The summed E-state index contributed by atoms with van der Waals surface area (Å²) in [7, 11) is 1.35. The lowest BCUT2D eigenvalue weighted by Crippen LogP contribution is -2.20. The summed E-state index contributed by atoms with van der Waals surface area (Å²) in [6.45, 7) is 2.11. The van der Waals surface area contributed by atoms with Crippen LogP contribution in [0, 0.1) is 0 Å². The molecular weight excluding hydrogens is 392 g/mol. The maximum atomic E-state index is 12.2. The Bertz CT molecular complexity index is 703. The Morgan fingerprint density at radius 1 is 1.25 bits per heavy atom. The zero-order valence-corrected chi connectivity index (χ0v) is 16.1. The Morgan fingerprint density at radius 2 is 2.04 bits per heavy atom. The minimum Gasteiger partial charge on any atom is -0.474 e. The van der Waals surface area contributed by atoms with Crippen LogP contribution in [0.2, 0.25) is 5.02 Å². The number of carbonyl (C=O) groups excluding carboxylic acids is 1. The van der Waals surface area contributed by atoms with Gasteiger partial charge in [0.05, 0.1) is 7.11 Å². The van der Waals surface area contributed by atoms with Gasteiger partial charge in [-0.1, -0.05) is 65.1 Å². The molecule has 0 N–H and O–H groups in total. The number of halogens is 2. The summed E-state index contributed by atoms with van der Waals surface area (Å²) in [4.78, 5) is 12.2. The summed E-state index contributed by atoms with van der Waals surface area (Å²) in [5, 5.41) is 1.33. The van der Waals surface area contributed by atoms with Crippen LogP contribution < -0.4 is 4.74 Å². The van der Waals surface area contributed by atoms with E-state index in [-0.39, 0.29) is 0 Å². The maximum Gasteiger partial charge on any atom is 0.351 e. The topological polar surface area (TPSA) is 35.5 Å². The molecular formula is C19H20BrClO3. The number of alkyl halides is 1. The Labute approximate surface area is 156 Å². The van der Waals surface area contributed by atoms with Crippen molar-refractivity contribution in [1.82, 2.24) is 0 Å². The zero-order valence-electron chi connectivity index (χ0n) is 13.7. The van der Waals surface area contributed by atoms with Crippen molar-refractivity contribution in [2.24, 2.45) is 0 Å². The summed E-state index contributed by atoms with van der Waals surface area (Å²) in [5.74, 6) is 0.237. The first kappa shape index (κ1) is 18.8. The molecule has 1 atom stereocenters. The molecule has 0 saturated carbocycles. The number of methoxy groups -OCH3 is 1. The molecule has 3 nitrogen and oxygen atoms in total. The molecule has 0 aliphatic carbocycles. The Kier molecular flexibility index (Phi) is 7.13. The fourth-order valence-electron chi connectivity index (χ4n) is 2.45. The Hall–Kier alpha value is -1.52. The largest absolute Gasteiger partial charge is 0.474 e. The van der Waals surface area contributed by atoms with Crippen LogP contribution in [0.4, 0.5) is 0 Å². The first-order valence-electron chi connectivity index (χ1n) is 7.76. The van der Waals surface area contributed by atoms with E-state index >= 15 is 0 Å². The first-order chi connectivity index (χ1) is 11.6. The van der Waals surface area contributed by atoms with Crippen molar-refractivity contribution in [3.8, 4) is 5.75 Å². The normalized spacial score (nSPS) is 11.8. The molecule has 0 saturated heterocycles.